The zero-order valence-corrected chi connectivity index (χ0v) is 13.6. The summed E-state index contributed by atoms with van der Waals surface area (Å²) in [6, 6.07) is 4.47. The summed E-state index contributed by atoms with van der Waals surface area (Å²) in [5.74, 6) is 0.0842. The fourth-order valence-corrected chi connectivity index (χ4v) is 3.21. The molecule has 1 aliphatic heterocycles. The van der Waals surface area contributed by atoms with Gasteiger partial charge in [0.2, 0.25) is 5.91 Å². The smallest absolute Gasteiger partial charge is 0.253 e. The molecule has 1 aliphatic carbocycles. The first-order valence-electron chi connectivity index (χ1n) is 8.40. The highest BCUT2D eigenvalue weighted by Crippen LogP contribution is 2.28. The van der Waals surface area contributed by atoms with Gasteiger partial charge in [-0.15, -0.1) is 0 Å². The van der Waals surface area contributed by atoms with Crippen molar-refractivity contribution >= 4 is 11.8 Å². The zero-order valence-electron chi connectivity index (χ0n) is 13.6. The predicted octanol–water partition coefficient (Wildman–Crippen LogP) is 2.61. The maximum absolute atomic E-state index is 13.4. The van der Waals surface area contributed by atoms with Gasteiger partial charge < -0.3 is 9.80 Å². The van der Waals surface area contributed by atoms with Crippen LogP contribution in [0.3, 0.4) is 0 Å². The van der Waals surface area contributed by atoms with E-state index in [9.17, 15) is 14.0 Å². The third-order valence-electron chi connectivity index (χ3n) is 4.95. The molecule has 1 saturated heterocycles. The second-order valence-corrected chi connectivity index (χ2v) is 6.56. The maximum atomic E-state index is 13.4. The first-order valence-corrected chi connectivity index (χ1v) is 8.40. The van der Waals surface area contributed by atoms with Crippen LogP contribution in [-0.4, -0.2) is 47.8 Å². The van der Waals surface area contributed by atoms with Gasteiger partial charge in [-0.25, -0.2) is 4.39 Å². The molecule has 2 fully saturated rings. The van der Waals surface area contributed by atoms with Crippen molar-refractivity contribution < 1.29 is 14.0 Å². The number of hydrogen-bond donors (Lipinski definition) is 0. The van der Waals surface area contributed by atoms with Crippen molar-refractivity contribution in [2.75, 3.05) is 26.2 Å². The van der Waals surface area contributed by atoms with Gasteiger partial charge in [0, 0.05) is 37.7 Å². The van der Waals surface area contributed by atoms with E-state index in [1.807, 2.05) is 4.90 Å². The third kappa shape index (κ3) is 3.38. The van der Waals surface area contributed by atoms with Crippen LogP contribution in [0.2, 0.25) is 0 Å². The molecule has 0 aromatic heterocycles. The van der Waals surface area contributed by atoms with Crippen molar-refractivity contribution in [1.82, 2.24) is 9.80 Å². The van der Waals surface area contributed by atoms with Crippen LogP contribution in [0, 0.1) is 18.7 Å². The van der Waals surface area contributed by atoms with E-state index in [0.29, 0.717) is 30.8 Å². The third-order valence-corrected chi connectivity index (χ3v) is 4.95. The van der Waals surface area contributed by atoms with Crippen LogP contribution in [0.1, 0.15) is 41.6 Å². The van der Waals surface area contributed by atoms with E-state index in [-0.39, 0.29) is 23.5 Å². The molecule has 1 aromatic rings. The van der Waals surface area contributed by atoms with Gasteiger partial charge in [-0.1, -0.05) is 6.42 Å². The van der Waals surface area contributed by atoms with Crippen molar-refractivity contribution in [1.29, 1.82) is 0 Å². The number of carbonyl (C=O) groups is 2. The van der Waals surface area contributed by atoms with E-state index in [1.165, 1.54) is 12.1 Å². The lowest BCUT2D eigenvalue weighted by molar-refractivity contribution is -0.138. The SMILES string of the molecule is Cc1cc(C(=O)N2CCCN(C(=O)C3CCC3)CC2)ccc1F. The van der Waals surface area contributed by atoms with E-state index in [0.717, 1.165) is 32.2 Å². The van der Waals surface area contributed by atoms with Gasteiger partial charge in [0.15, 0.2) is 0 Å². The molecule has 1 heterocycles. The van der Waals surface area contributed by atoms with Crippen molar-refractivity contribution in [3.05, 3.63) is 35.1 Å². The van der Waals surface area contributed by atoms with E-state index in [2.05, 4.69) is 0 Å². The van der Waals surface area contributed by atoms with Crippen LogP contribution in [-0.2, 0) is 4.79 Å². The van der Waals surface area contributed by atoms with Crippen LogP contribution in [0.4, 0.5) is 4.39 Å². The lowest BCUT2D eigenvalue weighted by Crippen LogP contribution is -2.41. The van der Waals surface area contributed by atoms with Gasteiger partial charge in [-0.2, -0.15) is 0 Å². The molecule has 124 valence electrons. The van der Waals surface area contributed by atoms with Crippen LogP contribution >= 0.6 is 0 Å². The molecule has 0 unspecified atom stereocenters. The Morgan fingerprint density at radius 3 is 2.39 bits per heavy atom. The molecule has 3 rings (SSSR count). The minimum atomic E-state index is -0.297. The molecule has 0 spiro atoms. The predicted molar refractivity (Wildman–Crippen MR) is 85.6 cm³/mol. The molecule has 0 N–H and O–H groups in total. The summed E-state index contributed by atoms with van der Waals surface area (Å²) in [6.45, 7) is 4.17. The standard InChI is InChI=1S/C18H23FN2O2/c1-13-12-15(6-7-16(13)19)18(23)21-9-3-8-20(10-11-21)17(22)14-4-2-5-14/h6-7,12,14H,2-5,8-11H2,1H3. The normalized spacial score (nSPS) is 19.2. The molecule has 1 aromatic carbocycles. The van der Waals surface area contributed by atoms with Crippen LogP contribution in [0.25, 0.3) is 0 Å². The molecule has 23 heavy (non-hydrogen) atoms. The summed E-state index contributed by atoms with van der Waals surface area (Å²) in [5, 5.41) is 0. The van der Waals surface area contributed by atoms with Gasteiger partial charge in [-0.3, -0.25) is 9.59 Å². The summed E-state index contributed by atoms with van der Waals surface area (Å²) in [6.07, 6.45) is 3.96. The minimum absolute atomic E-state index is 0.0777. The molecule has 0 radical (unpaired) electrons. The van der Waals surface area contributed by atoms with E-state index < -0.39 is 0 Å². The lowest BCUT2D eigenvalue weighted by Gasteiger charge is -2.31. The Morgan fingerprint density at radius 1 is 1.04 bits per heavy atom. The van der Waals surface area contributed by atoms with Crippen molar-refractivity contribution in [3.8, 4) is 0 Å². The second-order valence-electron chi connectivity index (χ2n) is 6.56. The topological polar surface area (TPSA) is 40.6 Å². The van der Waals surface area contributed by atoms with Gasteiger partial charge in [0.25, 0.3) is 5.91 Å². The Hall–Kier alpha value is -1.91. The van der Waals surface area contributed by atoms with Crippen LogP contribution < -0.4 is 0 Å². The van der Waals surface area contributed by atoms with Crippen molar-refractivity contribution in [3.63, 3.8) is 0 Å². The number of amides is 2. The summed E-state index contributed by atoms with van der Waals surface area (Å²) in [5.41, 5.74) is 0.995. The minimum Gasteiger partial charge on any atom is -0.341 e. The highest BCUT2D eigenvalue weighted by Gasteiger charge is 2.31. The molecule has 0 atom stereocenters. The van der Waals surface area contributed by atoms with Gasteiger partial charge in [0.05, 0.1) is 0 Å². The first-order chi connectivity index (χ1) is 11.1. The van der Waals surface area contributed by atoms with E-state index in [4.69, 9.17) is 0 Å². The number of aryl methyl sites for hydroxylation is 1. The molecule has 0 bridgehead atoms. The second kappa shape index (κ2) is 6.69. The van der Waals surface area contributed by atoms with Crippen LogP contribution in [0.5, 0.6) is 0 Å². The number of halogens is 1. The van der Waals surface area contributed by atoms with Gasteiger partial charge in [0.1, 0.15) is 5.82 Å². The maximum Gasteiger partial charge on any atom is 0.253 e. The number of hydrogen-bond acceptors (Lipinski definition) is 2. The van der Waals surface area contributed by atoms with Crippen molar-refractivity contribution in [2.24, 2.45) is 5.92 Å². The molecule has 4 nitrogen and oxygen atoms in total. The number of benzene rings is 1. The zero-order chi connectivity index (χ0) is 16.4. The molecule has 5 heteroatoms. The molecule has 2 amide bonds. The Kier molecular flexibility index (Phi) is 4.64. The Labute approximate surface area is 136 Å². The van der Waals surface area contributed by atoms with Gasteiger partial charge in [-0.05, 0) is 49.9 Å². The van der Waals surface area contributed by atoms with E-state index >= 15 is 0 Å². The first kappa shape index (κ1) is 16.0. The fraction of sp³-hybridized carbons (Fsp3) is 0.556. The monoisotopic (exact) mass is 318 g/mol. The van der Waals surface area contributed by atoms with E-state index in [1.54, 1.807) is 17.9 Å². The average Bonchev–Trinajstić information content (AvgIpc) is 2.73. The Balaban J connectivity index is 1.63. The molecular formula is C18H23FN2O2. The molecule has 2 aliphatic rings. The summed E-state index contributed by atoms with van der Waals surface area (Å²) in [7, 11) is 0. The number of nitrogens with zero attached hydrogens (tertiary/aromatic N) is 2. The lowest BCUT2D eigenvalue weighted by atomic mass is 9.84. The quantitative estimate of drug-likeness (QED) is 0.841. The molecular weight excluding hydrogens is 295 g/mol. The number of rotatable bonds is 2. The van der Waals surface area contributed by atoms with Gasteiger partial charge >= 0.3 is 0 Å². The van der Waals surface area contributed by atoms with Crippen molar-refractivity contribution in [2.45, 2.75) is 32.6 Å². The Morgan fingerprint density at radius 2 is 1.74 bits per heavy atom. The highest BCUT2D eigenvalue weighted by molar-refractivity contribution is 5.94. The summed E-state index contributed by atoms with van der Waals surface area (Å²) in [4.78, 5) is 28.6. The fourth-order valence-electron chi connectivity index (χ4n) is 3.21. The Bertz CT molecular complexity index is 613. The number of carbonyl (C=O) groups excluding carboxylic acids is 2. The van der Waals surface area contributed by atoms with Crippen LogP contribution in [0.15, 0.2) is 18.2 Å². The average molecular weight is 318 g/mol. The largest absolute Gasteiger partial charge is 0.341 e. The summed E-state index contributed by atoms with van der Waals surface area (Å²) >= 11 is 0. The molecule has 1 saturated carbocycles. The highest BCUT2D eigenvalue weighted by atomic mass is 19.1. The summed E-state index contributed by atoms with van der Waals surface area (Å²) < 4.78 is 13.4.